The Morgan fingerprint density at radius 3 is 2.44 bits per heavy atom. The second-order valence-electron chi connectivity index (χ2n) is 4.82. The first-order valence-electron chi connectivity index (χ1n) is 6.24. The molecule has 0 atom stereocenters. The van der Waals surface area contributed by atoms with Crippen LogP contribution in [0.4, 0.5) is 0 Å². The Labute approximate surface area is 108 Å². The van der Waals surface area contributed by atoms with Crippen LogP contribution in [0.15, 0.2) is 10.5 Å². The van der Waals surface area contributed by atoms with E-state index >= 15 is 0 Å². The van der Waals surface area contributed by atoms with Gasteiger partial charge in [-0.2, -0.15) is 5.10 Å². The zero-order valence-electron chi connectivity index (χ0n) is 11.8. The second-order valence-corrected chi connectivity index (χ2v) is 4.82. The molecule has 0 saturated carbocycles. The van der Waals surface area contributed by atoms with Gasteiger partial charge in [0.05, 0.1) is 5.69 Å². The molecule has 0 aromatic carbocycles. The molecule has 0 saturated heterocycles. The summed E-state index contributed by atoms with van der Waals surface area (Å²) in [6.45, 7) is 9.81. The van der Waals surface area contributed by atoms with E-state index in [0.717, 1.165) is 30.3 Å². The van der Waals surface area contributed by atoms with Gasteiger partial charge in [-0.15, -0.1) is 0 Å². The summed E-state index contributed by atoms with van der Waals surface area (Å²) in [6.07, 6.45) is 0. The minimum Gasteiger partial charge on any atom is -0.466 e. The Hall–Kier alpha value is -1.55. The van der Waals surface area contributed by atoms with Gasteiger partial charge < -0.3 is 9.73 Å². The van der Waals surface area contributed by atoms with Crippen LogP contribution < -0.4 is 5.32 Å². The summed E-state index contributed by atoms with van der Waals surface area (Å²) >= 11 is 0. The molecule has 0 aliphatic rings. The van der Waals surface area contributed by atoms with E-state index in [4.69, 9.17) is 4.42 Å². The summed E-state index contributed by atoms with van der Waals surface area (Å²) in [5, 5.41) is 7.87. The van der Waals surface area contributed by atoms with Gasteiger partial charge in [0.15, 0.2) is 0 Å². The molecule has 0 aliphatic heterocycles. The van der Waals surface area contributed by atoms with Crippen LogP contribution in [-0.2, 0) is 20.1 Å². The molecule has 2 aromatic heterocycles. The van der Waals surface area contributed by atoms with Crippen LogP contribution in [0.1, 0.15) is 34.0 Å². The Morgan fingerprint density at radius 1 is 1.22 bits per heavy atom. The lowest BCUT2D eigenvalue weighted by atomic mass is 10.2. The Balaban J connectivity index is 1.98. The van der Waals surface area contributed by atoms with Crippen molar-refractivity contribution in [2.24, 2.45) is 7.05 Å². The van der Waals surface area contributed by atoms with Crippen molar-refractivity contribution in [1.82, 2.24) is 15.1 Å². The molecule has 0 spiro atoms. The lowest BCUT2D eigenvalue weighted by Crippen LogP contribution is -2.14. The minimum atomic E-state index is 0.830. The van der Waals surface area contributed by atoms with Crippen molar-refractivity contribution in [3.8, 4) is 0 Å². The first-order chi connectivity index (χ1) is 8.49. The van der Waals surface area contributed by atoms with Crippen molar-refractivity contribution in [2.75, 3.05) is 0 Å². The number of rotatable bonds is 4. The van der Waals surface area contributed by atoms with Crippen molar-refractivity contribution in [3.63, 3.8) is 0 Å². The molecule has 0 radical (unpaired) electrons. The zero-order chi connectivity index (χ0) is 13.3. The number of aromatic nitrogens is 2. The van der Waals surface area contributed by atoms with Crippen molar-refractivity contribution in [3.05, 3.63) is 40.1 Å². The number of nitrogens with zero attached hydrogens (tertiary/aromatic N) is 2. The van der Waals surface area contributed by atoms with Gasteiger partial charge in [-0.05, 0) is 33.8 Å². The van der Waals surface area contributed by atoms with Crippen LogP contribution in [0.3, 0.4) is 0 Å². The highest BCUT2D eigenvalue weighted by atomic mass is 16.3. The molecule has 2 rings (SSSR count). The number of hydrogen-bond acceptors (Lipinski definition) is 3. The van der Waals surface area contributed by atoms with Gasteiger partial charge in [0.25, 0.3) is 0 Å². The standard InChI is InChI=1S/C14H21N3O/c1-9-6-13(12(4)18-9)7-15-8-14-10(2)16-17(5)11(14)3/h6,15H,7-8H2,1-5H3. The third-order valence-corrected chi connectivity index (χ3v) is 3.42. The van der Waals surface area contributed by atoms with Crippen LogP contribution in [-0.4, -0.2) is 9.78 Å². The molecule has 98 valence electrons. The van der Waals surface area contributed by atoms with E-state index in [1.54, 1.807) is 0 Å². The van der Waals surface area contributed by atoms with E-state index in [9.17, 15) is 0 Å². The Bertz CT molecular complexity index is 552. The lowest BCUT2D eigenvalue weighted by molar-refractivity contribution is 0.499. The molecule has 4 nitrogen and oxygen atoms in total. The van der Waals surface area contributed by atoms with Crippen molar-refractivity contribution >= 4 is 0 Å². The van der Waals surface area contributed by atoms with Crippen LogP contribution in [0.25, 0.3) is 0 Å². The lowest BCUT2D eigenvalue weighted by Gasteiger charge is -2.04. The highest BCUT2D eigenvalue weighted by Gasteiger charge is 2.09. The van der Waals surface area contributed by atoms with Crippen molar-refractivity contribution in [1.29, 1.82) is 0 Å². The predicted molar refractivity (Wildman–Crippen MR) is 71.4 cm³/mol. The maximum absolute atomic E-state index is 5.51. The first kappa shape index (κ1) is 12.9. The molecule has 18 heavy (non-hydrogen) atoms. The fraction of sp³-hybridized carbons (Fsp3) is 0.500. The normalized spacial score (nSPS) is 11.2. The molecular formula is C14H21N3O. The quantitative estimate of drug-likeness (QED) is 0.903. The molecule has 0 amide bonds. The van der Waals surface area contributed by atoms with Crippen molar-refractivity contribution < 1.29 is 4.42 Å². The number of hydrogen-bond donors (Lipinski definition) is 1. The van der Waals surface area contributed by atoms with Crippen molar-refractivity contribution in [2.45, 2.75) is 40.8 Å². The first-order valence-corrected chi connectivity index (χ1v) is 6.24. The van der Waals surface area contributed by atoms with Gasteiger partial charge in [0.2, 0.25) is 0 Å². The third-order valence-electron chi connectivity index (χ3n) is 3.42. The summed E-state index contributed by atoms with van der Waals surface area (Å²) < 4.78 is 7.44. The summed E-state index contributed by atoms with van der Waals surface area (Å²) in [4.78, 5) is 0. The minimum absolute atomic E-state index is 0.830. The molecule has 0 unspecified atom stereocenters. The van der Waals surface area contributed by atoms with Crippen LogP contribution >= 0.6 is 0 Å². The van der Waals surface area contributed by atoms with E-state index in [2.05, 4.69) is 30.3 Å². The molecule has 0 bridgehead atoms. The second kappa shape index (κ2) is 4.98. The molecule has 2 heterocycles. The largest absolute Gasteiger partial charge is 0.466 e. The van der Waals surface area contributed by atoms with Gasteiger partial charge in [-0.1, -0.05) is 0 Å². The average molecular weight is 247 g/mol. The van der Waals surface area contributed by atoms with Crippen LogP contribution in [0.5, 0.6) is 0 Å². The van der Waals surface area contributed by atoms with Gasteiger partial charge >= 0.3 is 0 Å². The van der Waals surface area contributed by atoms with Gasteiger partial charge in [0.1, 0.15) is 11.5 Å². The fourth-order valence-corrected chi connectivity index (χ4v) is 2.25. The highest BCUT2D eigenvalue weighted by molar-refractivity contribution is 5.25. The SMILES string of the molecule is Cc1cc(CNCc2c(C)nn(C)c2C)c(C)o1. The number of nitrogens with one attached hydrogen (secondary N) is 1. The smallest absolute Gasteiger partial charge is 0.105 e. The van der Waals surface area contributed by atoms with Crippen LogP contribution in [0, 0.1) is 27.7 Å². The number of aryl methyl sites for hydroxylation is 4. The monoisotopic (exact) mass is 247 g/mol. The average Bonchev–Trinajstić information content (AvgIpc) is 2.73. The maximum atomic E-state index is 5.51. The topological polar surface area (TPSA) is 43.0 Å². The Kier molecular flexibility index (Phi) is 3.57. The summed E-state index contributed by atoms with van der Waals surface area (Å²) in [5.74, 6) is 1.97. The third kappa shape index (κ3) is 2.48. The Morgan fingerprint density at radius 2 is 1.94 bits per heavy atom. The predicted octanol–water partition coefficient (Wildman–Crippen LogP) is 2.54. The fourth-order valence-electron chi connectivity index (χ4n) is 2.25. The molecule has 2 aromatic rings. The van der Waals surface area contributed by atoms with Gasteiger partial charge in [0, 0.05) is 37.0 Å². The summed E-state index contributed by atoms with van der Waals surface area (Å²) in [7, 11) is 1.98. The van der Waals surface area contributed by atoms with E-state index in [-0.39, 0.29) is 0 Å². The van der Waals surface area contributed by atoms with Gasteiger partial charge in [-0.3, -0.25) is 4.68 Å². The van der Waals surface area contributed by atoms with E-state index in [1.807, 2.05) is 25.6 Å². The van der Waals surface area contributed by atoms with E-state index in [0.29, 0.717) is 0 Å². The van der Waals surface area contributed by atoms with E-state index < -0.39 is 0 Å². The molecule has 0 aliphatic carbocycles. The molecular weight excluding hydrogens is 226 g/mol. The molecule has 4 heteroatoms. The molecule has 0 fully saturated rings. The van der Waals surface area contributed by atoms with Crippen LogP contribution in [0.2, 0.25) is 0 Å². The summed E-state index contributed by atoms with van der Waals surface area (Å²) in [5.41, 5.74) is 4.84. The van der Waals surface area contributed by atoms with E-state index in [1.165, 1.54) is 16.8 Å². The number of furan rings is 1. The summed E-state index contributed by atoms with van der Waals surface area (Å²) in [6, 6.07) is 2.09. The maximum Gasteiger partial charge on any atom is 0.105 e. The van der Waals surface area contributed by atoms with Gasteiger partial charge in [-0.25, -0.2) is 0 Å². The zero-order valence-corrected chi connectivity index (χ0v) is 11.8. The highest BCUT2D eigenvalue weighted by Crippen LogP contribution is 2.15. The molecule has 1 N–H and O–H groups in total.